The maximum absolute atomic E-state index is 13.2. The van der Waals surface area contributed by atoms with E-state index < -0.39 is 11.9 Å². The van der Waals surface area contributed by atoms with Gasteiger partial charge in [-0.1, -0.05) is 42.5 Å². The third kappa shape index (κ3) is 4.85. The van der Waals surface area contributed by atoms with Crippen molar-refractivity contribution >= 4 is 29.0 Å². The number of nitrogens with one attached hydrogen (secondary N) is 2. The highest BCUT2D eigenvalue weighted by molar-refractivity contribution is 6.11. The zero-order valence-electron chi connectivity index (χ0n) is 20.6. The number of hydrazone groups is 1. The molecule has 0 aliphatic carbocycles. The average Bonchev–Trinajstić information content (AvgIpc) is 3.63. The van der Waals surface area contributed by atoms with E-state index in [9.17, 15) is 9.59 Å². The Morgan fingerprint density at radius 2 is 1.71 bits per heavy atom. The van der Waals surface area contributed by atoms with Crippen molar-refractivity contribution in [3.63, 3.8) is 0 Å². The third-order valence-corrected chi connectivity index (χ3v) is 5.80. The fourth-order valence-corrected chi connectivity index (χ4v) is 4.05. The molecule has 190 valence electrons. The van der Waals surface area contributed by atoms with E-state index in [1.165, 1.54) is 25.7 Å². The molecule has 9 heteroatoms. The van der Waals surface area contributed by atoms with E-state index in [4.69, 9.17) is 18.6 Å². The largest absolute Gasteiger partial charge is 0.495 e. The Morgan fingerprint density at radius 3 is 2.45 bits per heavy atom. The van der Waals surface area contributed by atoms with Crippen molar-refractivity contribution in [1.82, 2.24) is 10.4 Å². The van der Waals surface area contributed by atoms with Gasteiger partial charge in [0.25, 0.3) is 5.91 Å². The second-order valence-corrected chi connectivity index (χ2v) is 8.10. The minimum absolute atomic E-state index is 0.0740. The number of H-pyrrole nitrogens is 1. The fraction of sp³-hybridized carbons (Fsp3) is 0.0690. The molecule has 5 aromatic rings. The third-order valence-electron chi connectivity index (χ3n) is 5.80. The molecule has 0 unspecified atom stereocenters. The molecular formula is C29H23N3O6. The first kappa shape index (κ1) is 24.4. The topological polar surface area (TPSA) is 115 Å². The summed E-state index contributed by atoms with van der Waals surface area (Å²) in [6.07, 6.45) is 2.85. The lowest BCUT2D eigenvalue weighted by molar-refractivity contribution is 0.0696. The number of fused-ring (bicyclic) bond motifs is 1. The minimum Gasteiger partial charge on any atom is -0.495 e. The molecule has 2 heterocycles. The fourth-order valence-electron chi connectivity index (χ4n) is 4.05. The van der Waals surface area contributed by atoms with E-state index in [0.29, 0.717) is 28.3 Å². The number of aromatic amines is 1. The average molecular weight is 510 g/mol. The van der Waals surface area contributed by atoms with Crippen molar-refractivity contribution in [3.05, 3.63) is 102 Å². The molecule has 0 bridgehead atoms. The molecule has 0 saturated heterocycles. The summed E-state index contributed by atoms with van der Waals surface area (Å²) >= 11 is 0. The molecule has 2 aromatic heterocycles. The van der Waals surface area contributed by atoms with Crippen molar-refractivity contribution < 1.29 is 28.2 Å². The Kier molecular flexibility index (Phi) is 6.90. The van der Waals surface area contributed by atoms with Gasteiger partial charge in [-0.2, -0.15) is 5.10 Å². The van der Waals surface area contributed by atoms with Crippen molar-refractivity contribution in [2.75, 3.05) is 14.2 Å². The number of aromatic nitrogens is 1. The highest BCUT2D eigenvalue weighted by Crippen LogP contribution is 2.36. The number of nitrogens with zero attached hydrogens (tertiary/aromatic N) is 1. The first-order valence-electron chi connectivity index (χ1n) is 11.6. The van der Waals surface area contributed by atoms with Gasteiger partial charge in [-0.05, 0) is 47.5 Å². The number of carbonyl (C=O) groups is 2. The summed E-state index contributed by atoms with van der Waals surface area (Å²) in [4.78, 5) is 28.6. The van der Waals surface area contributed by atoms with Crippen LogP contribution in [0, 0.1) is 0 Å². The smallest absolute Gasteiger partial charge is 0.379 e. The van der Waals surface area contributed by atoms with Gasteiger partial charge in [-0.3, -0.25) is 4.79 Å². The quantitative estimate of drug-likeness (QED) is 0.125. The number of ether oxygens (including phenoxy) is 3. The Hall–Kier alpha value is -5.31. The molecule has 0 aliphatic heterocycles. The Labute approximate surface area is 217 Å². The molecule has 38 heavy (non-hydrogen) atoms. The number of hydrogen-bond donors (Lipinski definition) is 2. The van der Waals surface area contributed by atoms with Crippen molar-refractivity contribution in [3.8, 4) is 28.4 Å². The maximum atomic E-state index is 13.2. The van der Waals surface area contributed by atoms with Crippen LogP contribution in [0.3, 0.4) is 0 Å². The van der Waals surface area contributed by atoms with Crippen LogP contribution in [0.2, 0.25) is 0 Å². The molecule has 1 amide bonds. The first-order chi connectivity index (χ1) is 18.6. The highest BCUT2D eigenvalue weighted by atomic mass is 16.6. The van der Waals surface area contributed by atoms with Crippen LogP contribution in [-0.2, 0) is 0 Å². The lowest BCUT2D eigenvalue weighted by Gasteiger charge is -2.09. The number of amides is 1. The van der Waals surface area contributed by atoms with Gasteiger partial charge in [0, 0.05) is 10.9 Å². The van der Waals surface area contributed by atoms with Gasteiger partial charge < -0.3 is 23.6 Å². The predicted octanol–water partition coefficient (Wildman–Crippen LogP) is 5.43. The molecule has 5 rings (SSSR count). The van der Waals surface area contributed by atoms with E-state index in [0.717, 1.165) is 16.5 Å². The van der Waals surface area contributed by atoms with Gasteiger partial charge in [-0.15, -0.1) is 0 Å². The van der Waals surface area contributed by atoms with Crippen LogP contribution in [0.15, 0.2) is 94.6 Å². The van der Waals surface area contributed by atoms with Gasteiger partial charge in [0.05, 0.1) is 32.2 Å². The van der Waals surface area contributed by atoms with Gasteiger partial charge >= 0.3 is 5.97 Å². The van der Waals surface area contributed by atoms with E-state index >= 15 is 0 Å². The standard InChI is InChI=1S/C29H23N3O6/c1-35-22-11-6-10-20-25(19-8-4-3-5-9-19)27(31-26(20)22)28(33)32-30-17-18-13-14-21(24(16-18)36-2)38-29(34)23-12-7-15-37-23/h3-17,31H,1-2H3,(H,32,33). The van der Waals surface area contributed by atoms with Crippen molar-refractivity contribution in [2.45, 2.75) is 0 Å². The summed E-state index contributed by atoms with van der Waals surface area (Å²) in [6, 6.07) is 23.2. The van der Waals surface area contributed by atoms with Crippen LogP contribution in [0.25, 0.3) is 22.0 Å². The van der Waals surface area contributed by atoms with Gasteiger partial charge in [0.1, 0.15) is 11.4 Å². The Balaban J connectivity index is 1.38. The second kappa shape index (κ2) is 10.8. The van der Waals surface area contributed by atoms with Gasteiger partial charge in [0.15, 0.2) is 11.5 Å². The molecule has 0 spiro atoms. The van der Waals surface area contributed by atoms with Crippen molar-refractivity contribution in [2.24, 2.45) is 5.10 Å². The number of para-hydroxylation sites is 1. The van der Waals surface area contributed by atoms with Crippen LogP contribution >= 0.6 is 0 Å². The second-order valence-electron chi connectivity index (χ2n) is 8.10. The summed E-state index contributed by atoms with van der Waals surface area (Å²) in [7, 11) is 3.04. The zero-order chi connectivity index (χ0) is 26.5. The maximum Gasteiger partial charge on any atom is 0.379 e. The molecule has 2 N–H and O–H groups in total. The molecule has 0 saturated carbocycles. The van der Waals surface area contributed by atoms with Crippen LogP contribution in [0.4, 0.5) is 0 Å². The van der Waals surface area contributed by atoms with Crippen LogP contribution in [0.5, 0.6) is 17.2 Å². The van der Waals surface area contributed by atoms with Gasteiger partial charge in [-0.25, -0.2) is 10.2 Å². The Bertz CT molecular complexity index is 1620. The monoisotopic (exact) mass is 509 g/mol. The molecule has 0 atom stereocenters. The minimum atomic E-state index is -0.647. The SMILES string of the molecule is COc1cc(C=NNC(=O)c2[nH]c3c(OC)cccc3c2-c2ccccc2)ccc1OC(=O)c1ccco1. The van der Waals surface area contributed by atoms with E-state index in [1.54, 1.807) is 31.4 Å². The summed E-state index contributed by atoms with van der Waals surface area (Å²) < 4.78 is 21.2. The number of hydrogen-bond acceptors (Lipinski definition) is 7. The molecule has 9 nitrogen and oxygen atoms in total. The lowest BCUT2D eigenvalue weighted by Crippen LogP contribution is -2.18. The molecule has 0 fully saturated rings. The normalized spacial score (nSPS) is 11.0. The van der Waals surface area contributed by atoms with Crippen LogP contribution in [-0.4, -0.2) is 37.3 Å². The van der Waals surface area contributed by atoms with E-state index in [2.05, 4.69) is 15.5 Å². The van der Waals surface area contributed by atoms with Crippen LogP contribution < -0.4 is 19.6 Å². The van der Waals surface area contributed by atoms with Crippen molar-refractivity contribution in [1.29, 1.82) is 0 Å². The molecular weight excluding hydrogens is 486 g/mol. The highest BCUT2D eigenvalue weighted by Gasteiger charge is 2.21. The number of benzene rings is 3. The first-order valence-corrected chi connectivity index (χ1v) is 11.6. The van der Waals surface area contributed by atoms with Crippen LogP contribution in [0.1, 0.15) is 26.6 Å². The summed E-state index contributed by atoms with van der Waals surface area (Å²) in [5, 5.41) is 4.97. The summed E-state index contributed by atoms with van der Waals surface area (Å²) in [5.41, 5.74) is 5.89. The zero-order valence-corrected chi connectivity index (χ0v) is 20.6. The van der Waals surface area contributed by atoms with E-state index in [1.807, 2.05) is 48.5 Å². The summed E-state index contributed by atoms with van der Waals surface area (Å²) in [6.45, 7) is 0. The number of methoxy groups -OCH3 is 2. The molecule has 0 radical (unpaired) electrons. The van der Waals surface area contributed by atoms with Gasteiger partial charge in [0.2, 0.25) is 5.76 Å². The molecule has 3 aromatic carbocycles. The number of esters is 1. The summed E-state index contributed by atoms with van der Waals surface area (Å²) in [5.74, 6) is 0.163. The van der Waals surface area contributed by atoms with E-state index in [-0.39, 0.29) is 11.5 Å². The predicted molar refractivity (Wildman–Crippen MR) is 142 cm³/mol. The number of carbonyl (C=O) groups excluding carboxylic acids is 2. The number of rotatable bonds is 8. The lowest BCUT2D eigenvalue weighted by atomic mass is 10.0. The number of furan rings is 1. The molecule has 0 aliphatic rings. The Morgan fingerprint density at radius 1 is 0.895 bits per heavy atom.